The Kier molecular flexibility index (Phi) is 2.77. The van der Waals surface area contributed by atoms with Gasteiger partial charge < -0.3 is 9.84 Å². The van der Waals surface area contributed by atoms with E-state index in [0.29, 0.717) is 23.7 Å². The third-order valence-corrected chi connectivity index (χ3v) is 9.12. The summed E-state index contributed by atoms with van der Waals surface area (Å²) in [7, 11) is 0. The van der Waals surface area contributed by atoms with Gasteiger partial charge in [0.1, 0.15) is 16.8 Å². The van der Waals surface area contributed by atoms with Crippen LogP contribution in [0.15, 0.2) is 12.2 Å². The Labute approximate surface area is 146 Å². The van der Waals surface area contributed by atoms with Crippen LogP contribution in [0.25, 0.3) is 0 Å². The van der Waals surface area contributed by atoms with Crippen molar-refractivity contribution in [1.29, 1.82) is 0 Å². The molecule has 0 aromatic heterocycles. The minimum Gasteiger partial charge on any atom is -0.377 e. The van der Waals surface area contributed by atoms with E-state index in [1.54, 1.807) is 0 Å². The van der Waals surface area contributed by atoms with Crippen LogP contribution in [-0.4, -0.2) is 21.9 Å². The maximum absolute atomic E-state index is 11.1. The molecule has 0 unspecified atom stereocenters. The van der Waals surface area contributed by atoms with E-state index in [1.807, 2.05) is 0 Å². The van der Waals surface area contributed by atoms with Crippen LogP contribution in [0.4, 0.5) is 0 Å². The molecule has 4 saturated carbocycles. The molecule has 130 valence electrons. The minimum absolute atomic E-state index is 0.109. The second-order valence-corrected chi connectivity index (χ2v) is 9.88. The Morgan fingerprint density at radius 3 is 2.75 bits per heavy atom. The number of terminal acetylenes is 1. The van der Waals surface area contributed by atoms with Crippen LogP contribution < -0.4 is 0 Å². The van der Waals surface area contributed by atoms with E-state index in [4.69, 9.17) is 11.2 Å². The summed E-state index contributed by atoms with van der Waals surface area (Å²) in [5.74, 6) is 5.31. The number of aliphatic hydroxyl groups is 1. The quantitative estimate of drug-likeness (QED) is 0.413. The van der Waals surface area contributed by atoms with Crippen LogP contribution >= 0.6 is 0 Å². The number of hydrogen-bond acceptors (Lipinski definition) is 2. The fourth-order valence-electron chi connectivity index (χ4n) is 7.97. The Hall–Kier alpha value is -0.780. The Morgan fingerprint density at radius 2 is 2.00 bits per heavy atom. The molecular formula is C22H30O2. The second kappa shape index (κ2) is 4.30. The Morgan fingerprint density at radius 1 is 1.25 bits per heavy atom. The predicted molar refractivity (Wildman–Crippen MR) is 94.1 cm³/mol. The van der Waals surface area contributed by atoms with Gasteiger partial charge in [-0.15, -0.1) is 6.42 Å². The summed E-state index contributed by atoms with van der Waals surface area (Å²) in [5.41, 5.74) is 0.610. The largest absolute Gasteiger partial charge is 0.377 e. The first-order valence-electron chi connectivity index (χ1n) is 9.88. The third kappa shape index (κ3) is 1.49. The van der Waals surface area contributed by atoms with Crippen LogP contribution in [-0.2, 0) is 4.74 Å². The average molecular weight is 326 g/mol. The van der Waals surface area contributed by atoms with Gasteiger partial charge in [0.05, 0.1) is 0 Å². The molecule has 0 radical (unpaired) electrons. The SMILES string of the molecule is C#C[C@]1(O)CC[C@H]2[C@@H]3[C@H](C)C[C@]45CC(=C)CC[C@]4(O5)[C@H]3CC[C@@]21C. The molecule has 24 heavy (non-hydrogen) atoms. The van der Waals surface area contributed by atoms with E-state index in [9.17, 15) is 5.11 Å². The van der Waals surface area contributed by atoms with Crippen molar-refractivity contribution in [3.63, 3.8) is 0 Å². The summed E-state index contributed by atoms with van der Waals surface area (Å²) in [6.07, 6.45) is 14.4. The minimum atomic E-state index is -0.903. The maximum Gasteiger partial charge on any atom is 0.130 e. The van der Waals surface area contributed by atoms with Crippen LogP contribution in [0.3, 0.4) is 0 Å². The molecule has 2 nitrogen and oxygen atoms in total. The van der Waals surface area contributed by atoms with E-state index >= 15 is 0 Å². The number of hydrogen-bond donors (Lipinski definition) is 1. The van der Waals surface area contributed by atoms with E-state index in [2.05, 4.69) is 26.3 Å². The van der Waals surface area contributed by atoms with Crippen molar-refractivity contribution >= 4 is 0 Å². The topological polar surface area (TPSA) is 32.8 Å². The molecule has 0 aromatic carbocycles. The predicted octanol–water partition coefficient (Wildman–Crippen LogP) is 4.08. The highest BCUT2D eigenvalue weighted by molar-refractivity contribution is 5.33. The summed E-state index contributed by atoms with van der Waals surface area (Å²) < 4.78 is 6.62. The molecule has 1 N–H and O–H groups in total. The second-order valence-electron chi connectivity index (χ2n) is 9.88. The van der Waals surface area contributed by atoms with Gasteiger partial charge in [0.15, 0.2) is 0 Å². The molecular weight excluding hydrogens is 296 g/mol. The fourth-order valence-corrected chi connectivity index (χ4v) is 7.97. The number of rotatable bonds is 0. The zero-order valence-corrected chi connectivity index (χ0v) is 15.1. The molecule has 0 aromatic rings. The van der Waals surface area contributed by atoms with Crippen LogP contribution in [0.1, 0.15) is 65.2 Å². The average Bonchev–Trinajstić information content (AvgIpc) is 3.13. The highest BCUT2D eigenvalue weighted by Crippen LogP contribution is 2.75. The van der Waals surface area contributed by atoms with Crippen LogP contribution in [0.2, 0.25) is 0 Å². The molecule has 0 amide bonds. The molecule has 0 spiro atoms. The van der Waals surface area contributed by atoms with Gasteiger partial charge in [-0.2, -0.15) is 0 Å². The van der Waals surface area contributed by atoms with Crippen LogP contribution in [0.5, 0.6) is 0 Å². The Balaban J connectivity index is 1.53. The van der Waals surface area contributed by atoms with Crippen molar-refractivity contribution in [3.05, 3.63) is 12.2 Å². The van der Waals surface area contributed by atoms with Crippen molar-refractivity contribution < 1.29 is 9.84 Å². The van der Waals surface area contributed by atoms with Gasteiger partial charge in [-0.1, -0.05) is 31.9 Å². The van der Waals surface area contributed by atoms with Crippen molar-refractivity contribution in [2.45, 2.75) is 82.0 Å². The first kappa shape index (κ1) is 15.5. The summed E-state index contributed by atoms with van der Waals surface area (Å²) in [4.78, 5) is 0. The molecule has 5 rings (SSSR count). The van der Waals surface area contributed by atoms with E-state index in [-0.39, 0.29) is 16.6 Å². The first-order valence-corrected chi connectivity index (χ1v) is 9.88. The summed E-state index contributed by atoms with van der Waals surface area (Å²) >= 11 is 0. The van der Waals surface area contributed by atoms with Gasteiger partial charge in [0, 0.05) is 5.41 Å². The highest BCUT2D eigenvalue weighted by Gasteiger charge is 2.79. The van der Waals surface area contributed by atoms with Gasteiger partial charge >= 0.3 is 0 Å². The molecule has 5 aliphatic rings. The molecule has 1 heterocycles. The number of epoxide rings is 1. The zero-order valence-electron chi connectivity index (χ0n) is 15.1. The third-order valence-electron chi connectivity index (χ3n) is 9.12. The molecule has 4 aliphatic carbocycles. The standard InChI is InChI=1S/C22H30O2/c1-5-20(23)10-8-16-18-15(3)13-21-12-14(2)6-11-22(21,24-21)17(18)7-9-19(16,20)4/h1,15-18,23H,2,6-13H2,3-4H3/t15-,16+,17+,18+,19+,20+,21-,22+/m1/s1. The van der Waals surface area contributed by atoms with Gasteiger partial charge in [0.2, 0.25) is 0 Å². The number of fused-ring (bicyclic) bond motifs is 3. The fraction of sp³-hybridized carbons (Fsp3) is 0.818. The lowest BCUT2D eigenvalue weighted by Gasteiger charge is -2.56. The van der Waals surface area contributed by atoms with E-state index < -0.39 is 5.60 Å². The van der Waals surface area contributed by atoms with Crippen molar-refractivity contribution in [2.24, 2.45) is 29.1 Å². The van der Waals surface area contributed by atoms with Crippen molar-refractivity contribution in [1.82, 2.24) is 0 Å². The van der Waals surface area contributed by atoms with Crippen molar-refractivity contribution in [2.75, 3.05) is 0 Å². The zero-order chi connectivity index (χ0) is 17.0. The molecule has 8 atom stereocenters. The monoisotopic (exact) mass is 326 g/mol. The lowest BCUT2D eigenvalue weighted by molar-refractivity contribution is -0.104. The summed E-state index contributed by atoms with van der Waals surface area (Å²) in [6, 6.07) is 0. The lowest BCUT2D eigenvalue weighted by Crippen LogP contribution is -2.57. The molecule has 1 saturated heterocycles. The molecule has 2 heteroatoms. The Bertz CT molecular complexity index is 661. The summed E-state index contributed by atoms with van der Waals surface area (Å²) in [6.45, 7) is 8.95. The van der Waals surface area contributed by atoms with Crippen LogP contribution in [0, 0.1) is 41.4 Å². The van der Waals surface area contributed by atoms with Gasteiger partial charge in [-0.05, 0) is 75.0 Å². The van der Waals surface area contributed by atoms with Crippen molar-refractivity contribution in [3.8, 4) is 12.3 Å². The summed E-state index contributed by atoms with van der Waals surface area (Å²) in [5, 5.41) is 11.1. The lowest BCUT2D eigenvalue weighted by atomic mass is 9.47. The molecule has 0 bridgehead atoms. The maximum atomic E-state index is 11.1. The smallest absolute Gasteiger partial charge is 0.130 e. The van der Waals surface area contributed by atoms with E-state index in [1.165, 1.54) is 24.8 Å². The first-order chi connectivity index (χ1) is 11.3. The van der Waals surface area contributed by atoms with Gasteiger partial charge in [-0.3, -0.25) is 0 Å². The normalized spacial score (nSPS) is 61.2. The molecule has 1 aliphatic heterocycles. The number of ether oxygens (including phenoxy) is 1. The van der Waals surface area contributed by atoms with Gasteiger partial charge in [0.25, 0.3) is 0 Å². The van der Waals surface area contributed by atoms with Gasteiger partial charge in [-0.25, -0.2) is 0 Å². The molecule has 5 fully saturated rings. The highest BCUT2D eigenvalue weighted by atomic mass is 16.6. The van der Waals surface area contributed by atoms with E-state index in [0.717, 1.165) is 32.1 Å².